The number of carboxylic acid groups (broad SMARTS) is 1. The summed E-state index contributed by atoms with van der Waals surface area (Å²) in [7, 11) is 0. The number of amides is 1. The molecule has 0 fully saturated rings. The van der Waals surface area contributed by atoms with E-state index in [0.29, 0.717) is 11.3 Å². The van der Waals surface area contributed by atoms with Gasteiger partial charge in [0.2, 0.25) is 5.91 Å². The summed E-state index contributed by atoms with van der Waals surface area (Å²) in [6.45, 7) is -2.10. The lowest BCUT2D eigenvalue weighted by Crippen LogP contribution is -2.29. The van der Waals surface area contributed by atoms with Crippen LogP contribution in [0.2, 0.25) is 0 Å². The number of carbonyl (C=O) groups is 2. The van der Waals surface area contributed by atoms with E-state index in [-0.39, 0.29) is 12.2 Å². The van der Waals surface area contributed by atoms with Crippen LogP contribution in [0.1, 0.15) is 16.1 Å². The average Bonchev–Trinajstić information content (AvgIpc) is 3.02. The molecule has 1 heterocycles. The summed E-state index contributed by atoms with van der Waals surface area (Å²) in [6, 6.07) is 8.07. The summed E-state index contributed by atoms with van der Waals surface area (Å²) < 4.78 is 41.4. The number of carboxylic acids is 1. The maximum Gasteiger partial charge on any atom is 0.411 e. The van der Waals surface area contributed by atoms with E-state index in [1.807, 2.05) is 0 Å². The second kappa shape index (κ2) is 7.79. The quantitative estimate of drug-likeness (QED) is 0.788. The van der Waals surface area contributed by atoms with E-state index < -0.39 is 31.3 Å². The Morgan fingerprint density at radius 2 is 2.04 bits per heavy atom. The lowest BCUT2D eigenvalue weighted by Gasteiger charge is -2.09. The van der Waals surface area contributed by atoms with Crippen molar-refractivity contribution in [3.63, 3.8) is 0 Å². The SMILES string of the molecule is O=C(COCC(F)(F)F)NCc1cccc(-n2ccc(C(=O)O)n2)c1. The van der Waals surface area contributed by atoms with Gasteiger partial charge in [-0.25, -0.2) is 9.48 Å². The smallest absolute Gasteiger partial charge is 0.411 e. The van der Waals surface area contributed by atoms with E-state index in [4.69, 9.17) is 5.11 Å². The van der Waals surface area contributed by atoms with Gasteiger partial charge in [0, 0.05) is 12.7 Å². The summed E-state index contributed by atoms with van der Waals surface area (Å²) in [6.07, 6.45) is -3.00. The number of halogens is 3. The van der Waals surface area contributed by atoms with Crippen molar-refractivity contribution < 1.29 is 32.6 Å². The van der Waals surface area contributed by atoms with Crippen molar-refractivity contribution in [3.8, 4) is 5.69 Å². The Labute approximate surface area is 140 Å². The number of benzene rings is 1. The highest BCUT2D eigenvalue weighted by atomic mass is 19.4. The molecular formula is C15H14F3N3O4. The van der Waals surface area contributed by atoms with Gasteiger partial charge in [0.1, 0.15) is 13.2 Å². The minimum absolute atomic E-state index is 0.0785. The number of nitrogens with one attached hydrogen (secondary N) is 1. The summed E-state index contributed by atoms with van der Waals surface area (Å²) in [5, 5.41) is 15.2. The topological polar surface area (TPSA) is 93.5 Å². The van der Waals surface area contributed by atoms with Crippen molar-refractivity contribution in [3.05, 3.63) is 47.8 Å². The minimum atomic E-state index is -4.48. The van der Waals surface area contributed by atoms with Crippen molar-refractivity contribution in [2.75, 3.05) is 13.2 Å². The van der Waals surface area contributed by atoms with Crippen LogP contribution in [0.4, 0.5) is 13.2 Å². The highest BCUT2D eigenvalue weighted by Crippen LogP contribution is 2.14. The zero-order valence-electron chi connectivity index (χ0n) is 12.8. The molecule has 2 aromatic rings. The minimum Gasteiger partial charge on any atom is -0.476 e. The normalized spacial score (nSPS) is 11.3. The molecule has 1 aromatic heterocycles. The Balaban J connectivity index is 1.90. The number of ether oxygens (including phenoxy) is 1. The molecule has 0 unspecified atom stereocenters. The molecule has 10 heteroatoms. The molecule has 0 aliphatic carbocycles. The summed E-state index contributed by atoms with van der Waals surface area (Å²) in [4.78, 5) is 22.3. The van der Waals surface area contributed by atoms with Crippen LogP contribution in [0.3, 0.4) is 0 Å². The van der Waals surface area contributed by atoms with E-state index in [0.717, 1.165) is 0 Å². The molecule has 2 N–H and O–H groups in total. The van der Waals surface area contributed by atoms with E-state index in [2.05, 4.69) is 15.2 Å². The van der Waals surface area contributed by atoms with Gasteiger partial charge in [0.15, 0.2) is 5.69 Å². The number of aromatic carboxylic acids is 1. The van der Waals surface area contributed by atoms with E-state index >= 15 is 0 Å². The maximum atomic E-state index is 11.9. The van der Waals surface area contributed by atoms with Gasteiger partial charge in [-0.15, -0.1) is 0 Å². The lowest BCUT2D eigenvalue weighted by molar-refractivity contribution is -0.175. The Bertz CT molecular complexity index is 758. The molecule has 1 aromatic carbocycles. The summed E-state index contributed by atoms with van der Waals surface area (Å²) >= 11 is 0. The fourth-order valence-corrected chi connectivity index (χ4v) is 1.90. The van der Waals surface area contributed by atoms with Crippen LogP contribution in [0.5, 0.6) is 0 Å². The van der Waals surface area contributed by atoms with Crippen molar-refractivity contribution in [1.82, 2.24) is 15.1 Å². The largest absolute Gasteiger partial charge is 0.476 e. The molecule has 0 radical (unpaired) electrons. The molecule has 1 amide bonds. The van der Waals surface area contributed by atoms with Gasteiger partial charge in [-0.3, -0.25) is 4.79 Å². The predicted molar refractivity (Wildman–Crippen MR) is 79.2 cm³/mol. The third-order valence-corrected chi connectivity index (χ3v) is 2.97. The molecule has 2 rings (SSSR count). The number of carbonyl (C=O) groups excluding carboxylic acids is 1. The molecule has 0 saturated carbocycles. The summed E-state index contributed by atoms with van der Waals surface area (Å²) in [5.41, 5.74) is 1.13. The Hall–Kier alpha value is -2.88. The number of rotatable bonds is 7. The first-order valence-electron chi connectivity index (χ1n) is 7.04. The van der Waals surface area contributed by atoms with E-state index in [9.17, 15) is 22.8 Å². The number of hydrogen-bond acceptors (Lipinski definition) is 4. The molecule has 0 spiro atoms. The molecule has 0 bridgehead atoms. The lowest BCUT2D eigenvalue weighted by atomic mass is 10.2. The van der Waals surface area contributed by atoms with E-state index in [1.54, 1.807) is 24.3 Å². The Morgan fingerprint density at radius 3 is 2.68 bits per heavy atom. The number of nitrogens with zero attached hydrogens (tertiary/aromatic N) is 2. The fraction of sp³-hybridized carbons (Fsp3) is 0.267. The Morgan fingerprint density at radius 1 is 1.28 bits per heavy atom. The van der Waals surface area contributed by atoms with Gasteiger partial charge in [-0.2, -0.15) is 18.3 Å². The molecule has 0 saturated heterocycles. The molecular weight excluding hydrogens is 343 g/mol. The first kappa shape index (κ1) is 18.5. The van der Waals surface area contributed by atoms with Gasteiger partial charge in [0.25, 0.3) is 0 Å². The van der Waals surface area contributed by atoms with Gasteiger partial charge in [-0.1, -0.05) is 12.1 Å². The van der Waals surface area contributed by atoms with Gasteiger partial charge >= 0.3 is 12.1 Å². The van der Waals surface area contributed by atoms with Crippen molar-refractivity contribution in [1.29, 1.82) is 0 Å². The third-order valence-electron chi connectivity index (χ3n) is 2.97. The van der Waals surface area contributed by atoms with Crippen LogP contribution in [-0.4, -0.2) is 46.2 Å². The zero-order valence-corrected chi connectivity index (χ0v) is 12.8. The maximum absolute atomic E-state index is 11.9. The van der Waals surface area contributed by atoms with Gasteiger partial charge in [-0.05, 0) is 23.8 Å². The van der Waals surface area contributed by atoms with Crippen molar-refractivity contribution >= 4 is 11.9 Å². The summed E-state index contributed by atoms with van der Waals surface area (Å²) in [5.74, 6) is -1.83. The average molecular weight is 357 g/mol. The number of alkyl halides is 3. The third kappa shape index (κ3) is 5.92. The zero-order chi connectivity index (χ0) is 18.4. The fourth-order valence-electron chi connectivity index (χ4n) is 1.90. The number of aromatic nitrogens is 2. The van der Waals surface area contributed by atoms with Crippen LogP contribution >= 0.6 is 0 Å². The predicted octanol–water partition coefficient (Wildman–Crippen LogP) is 1.77. The standard InChI is InChI=1S/C15H14F3N3O4/c16-15(17,18)9-25-8-13(22)19-7-10-2-1-3-11(6-10)21-5-4-12(20-21)14(23)24/h1-6H,7-9H2,(H,19,22)(H,23,24). The molecule has 0 atom stereocenters. The van der Waals surface area contributed by atoms with Gasteiger partial charge in [0.05, 0.1) is 5.69 Å². The van der Waals surface area contributed by atoms with Gasteiger partial charge < -0.3 is 15.2 Å². The van der Waals surface area contributed by atoms with Crippen molar-refractivity contribution in [2.24, 2.45) is 0 Å². The van der Waals surface area contributed by atoms with Crippen LogP contribution < -0.4 is 5.32 Å². The molecule has 0 aliphatic rings. The van der Waals surface area contributed by atoms with Crippen LogP contribution in [0, 0.1) is 0 Å². The molecule has 7 nitrogen and oxygen atoms in total. The monoisotopic (exact) mass is 357 g/mol. The van der Waals surface area contributed by atoms with Crippen LogP contribution in [0.15, 0.2) is 36.5 Å². The molecule has 0 aliphatic heterocycles. The first-order chi connectivity index (χ1) is 11.7. The van der Waals surface area contributed by atoms with Crippen LogP contribution in [-0.2, 0) is 16.1 Å². The Kier molecular flexibility index (Phi) is 5.75. The number of hydrogen-bond donors (Lipinski definition) is 2. The highest BCUT2D eigenvalue weighted by molar-refractivity contribution is 5.85. The highest BCUT2D eigenvalue weighted by Gasteiger charge is 2.27. The first-order valence-corrected chi connectivity index (χ1v) is 7.04. The second-order valence-corrected chi connectivity index (χ2v) is 5.01. The van der Waals surface area contributed by atoms with Crippen LogP contribution in [0.25, 0.3) is 5.69 Å². The molecule has 134 valence electrons. The van der Waals surface area contributed by atoms with E-state index in [1.165, 1.54) is 16.9 Å². The second-order valence-electron chi connectivity index (χ2n) is 5.01. The molecule has 25 heavy (non-hydrogen) atoms. The van der Waals surface area contributed by atoms with Crippen molar-refractivity contribution in [2.45, 2.75) is 12.7 Å².